The zero-order valence-corrected chi connectivity index (χ0v) is 14.9. The summed E-state index contributed by atoms with van der Waals surface area (Å²) in [6, 6.07) is 3.88. The van der Waals surface area contributed by atoms with Gasteiger partial charge in [-0.3, -0.25) is 14.6 Å². The molecule has 136 valence electrons. The van der Waals surface area contributed by atoms with Gasteiger partial charge < -0.3 is 14.6 Å². The second-order valence-electron chi connectivity index (χ2n) is 6.29. The van der Waals surface area contributed by atoms with E-state index in [9.17, 15) is 0 Å². The van der Waals surface area contributed by atoms with Gasteiger partial charge in [0.05, 0.1) is 33.1 Å². The van der Waals surface area contributed by atoms with Gasteiger partial charge in [0.25, 0.3) is 0 Å². The summed E-state index contributed by atoms with van der Waals surface area (Å²) >= 11 is 0. The summed E-state index contributed by atoms with van der Waals surface area (Å²) in [5, 5.41) is 13.6. The number of aliphatic hydroxyl groups is 1. The average Bonchev–Trinajstić information content (AvgIpc) is 3.11. The van der Waals surface area contributed by atoms with Crippen LogP contribution < -0.4 is 9.47 Å². The van der Waals surface area contributed by atoms with Gasteiger partial charge in [-0.05, 0) is 25.5 Å². The van der Waals surface area contributed by atoms with Gasteiger partial charge in [0.2, 0.25) is 0 Å². The number of pyridine rings is 1. The maximum Gasteiger partial charge on any atom is 0.183 e. The lowest BCUT2D eigenvalue weighted by Gasteiger charge is -2.32. The summed E-state index contributed by atoms with van der Waals surface area (Å²) in [5.41, 5.74) is 2.00. The van der Waals surface area contributed by atoms with Crippen molar-refractivity contribution in [2.45, 2.75) is 31.8 Å². The Morgan fingerprint density at radius 3 is 2.92 bits per heavy atom. The van der Waals surface area contributed by atoms with E-state index in [0.29, 0.717) is 24.0 Å². The summed E-state index contributed by atoms with van der Waals surface area (Å²) in [6.07, 6.45) is 5.96. The molecule has 1 N–H and O–H groups in total. The lowest BCUT2D eigenvalue weighted by atomic mass is 9.95. The molecule has 0 radical (unpaired) electrons. The molecule has 7 heteroatoms. The van der Waals surface area contributed by atoms with E-state index in [-0.39, 0.29) is 6.61 Å². The summed E-state index contributed by atoms with van der Waals surface area (Å²) in [6.45, 7) is 3.36. The van der Waals surface area contributed by atoms with Gasteiger partial charge in [0.1, 0.15) is 5.69 Å². The minimum absolute atomic E-state index is 0.110. The van der Waals surface area contributed by atoms with Crippen LogP contribution in [0.25, 0.3) is 0 Å². The fourth-order valence-corrected chi connectivity index (χ4v) is 3.44. The van der Waals surface area contributed by atoms with Crippen molar-refractivity contribution < 1.29 is 14.6 Å². The highest BCUT2D eigenvalue weighted by atomic mass is 16.5. The predicted molar refractivity (Wildman–Crippen MR) is 93.9 cm³/mol. The summed E-state index contributed by atoms with van der Waals surface area (Å²) < 4.78 is 12.7. The molecule has 3 heterocycles. The fourth-order valence-electron chi connectivity index (χ4n) is 3.44. The number of likely N-dealkylation sites (tertiary alicyclic amines) is 1. The molecule has 0 bridgehead atoms. The maximum atomic E-state index is 9.04. The van der Waals surface area contributed by atoms with Gasteiger partial charge in [-0.25, -0.2) is 0 Å². The minimum atomic E-state index is 0.110. The second kappa shape index (κ2) is 8.31. The Morgan fingerprint density at radius 1 is 1.28 bits per heavy atom. The van der Waals surface area contributed by atoms with Crippen molar-refractivity contribution in [3.63, 3.8) is 0 Å². The molecule has 2 aromatic heterocycles. The summed E-state index contributed by atoms with van der Waals surface area (Å²) in [4.78, 5) is 6.88. The highest BCUT2D eigenvalue weighted by Gasteiger charge is 2.24. The number of nitrogens with zero attached hydrogens (tertiary/aromatic N) is 4. The van der Waals surface area contributed by atoms with Crippen LogP contribution in [0.1, 0.15) is 30.1 Å². The van der Waals surface area contributed by atoms with E-state index in [1.807, 2.05) is 12.3 Å². The average molecular weight is 346 g/mol. The molecule has 3 rings (SSSR count). The molecule has 25 heavy (non-hydrogen) atoms. The summed E-state index contributed by atoms with van der Waals surface area (Å²) in [7, 11) is 3.29. The number of aliphatic hydroxyl groups excluding tert-OH is 1. The molecule has 2 aromatic rings. The van der Waals surface area contributed by atoms with E-state index >= 15 is 0 Å². The molecule has 1 aliphatic rings. The number of hydrogen-bond acceptors (Lipinski definition) is 6. The van der Waals surface area contributed by atoms with Gasteiger partial charge >= 0.3 is 0 Å². The molecule has 0 unspecified atom stereocenters. The van der Waals surface area contributed by atoms with Crippen molar-refractivity contribution in [3.05, 3.63) is 35.9 Å². The highest BCUT2D eigenvalue weighted by Crippen LogP contribution is 2.32. The van der Waals surface area contributed by atoms with Crippen molar-refractivity contribution in [2.75, 3.05) is 33.9 Å². The molecule has 1 saturated heterocycles. The second-order valence-corrected chi connectivity index (χ2v) is 6.29. The SMILES string of the molecule is COc1ccnc(CN2CCC[C@@H](c3ccn(CCO)n3)C2)c1OC. The van der Waals surface area contributed by atoms with Crippen LogP contribution in [0, 0.1) is 0 Å². The standard InChI is InChI=1S/C18H26N4O3/c1-24-17-5-7-19-16(18(17)25-2)13-21-8-3-4-14(12-21)15-6-9-22(20-15)10-11-23/h5-7,9,14,23H,3-4,8,10-13H2,1-2H3/t14-/m1/s1. The molecular formula is C18H26N4O3. The predicted octanol–water partition coefficient (Wildman–Crippen LogP) is 1.67. The normalized spacial score (nSPS) is 18.3. The van der Waals surface area contributed by atoms with Crippen molar-refractivity contribution in [1.29, 1.82) is 0 Å². The maximum absolute atomic E-state index is 9.04. The number of hydrogen-bond donors (Lipinski definition) is 1. The first-order valence-corrected chi connectivity index (χ1v) is 8.67. The molecule has 1 atom stereocenters. The van der Waals surface area contributed by atoms with E-state index in [1.54, 1.807) is 25.1 Å². The fraction of sp³-hybridized carbons (Fsp3) is 0.556. The Balaban J connectivity index is 1.69. The first-order chi connectivity index (χ1) is 12.2. The third-order valence-electron chi connectivity index (χ3n) is 4.65. The molecular weight excluding hydrogens is 320 g/mol. The van der Waals surface area contributed by atoms with Crippen LogP contribution in [0.4, 0.5) is 0 Å². The lowest BCUT2D eigenvalue weighted by Crippen LogP contribution is -2.34. The third-order valence-corrected chi connectivity index (χ3v) is 4.65. The van der Waals surface area contributed by atoms with Crippen molar-refractivity contribution in [1.82, 2.24) is 19.7 Å². The van der Waals surface area contributed by atoms with Crippen LogP contribution in [0.5, 0.6) is 11.5 Å². The third kappa shape index (κ3) is 4.11. The Kier molecular flexibility index (Phi) is 5.88. The Labute approximate surface area is 148 Å². The number of methoxy groups -OCH3 is 2. The van der Waals surface area contributed by atoms with Gasteiger partial charge in [0, 0.05) is 37.5 Å². The van der Waals surface area contributed by atoms with Gasteiger partial charge in [-0.1, -0.05) is 0 Å². The monoisotopic (exact) mass is 346 g/mol. The number of rotatable bonds is 7. The van der Waals surface area contributed by atoms with Gasteiger partial charge in [-0.2, -0.15) is 5.10 Å². The Morgan fingerprint density at radius 2 is 2.16 bits per heavy atom. The van der Waals surface area contributed by atoms with Gasteiger partial charge in [-0.15, -0.1) is 0 Å². The van der Waals surface area contributed by atoms with E-state index in [0.717, 1.165) is 43.9 Å². The molecule has 0 saturated carbocycles. The number of aromatic nitrogens is 3. The number of piperidine rings is 1. The molecule has 0 aliphatic carbocycles. The smallest absolute Gasteiger partial charge is 0.183 e. The van der Waals surface area contributed by atoms with Crippen molar-refractivity contribution in [3.8, 4) is 11.5 Å². The number of ether oxygens (including phenoxy) is 2. The summed E-state index contributed by atoms with van der Waals surface area (Å²) in [5.74, 6) is 1.83. The van der Waals surface area contributed by atoms with E-state index in [2.05, 4.69) is 21.0 Å². The first-order valence-electron chi connectivity index (χ1n) is 8.67. The van der Waals surface area contributed by atoms with Crippen LogP contribution in [-0.4, -0.2) is 58.7 Å². The van der Waals surface area contributed by atoms with Crippen LogP contribution in [-0.2, 0) is 13.1 Å². The molecule has 0 spiro atoms. The molecule has 7 nitrogen and oxygen atoms in total. The molecule has 0 aromatic carbocycles. The topological polar surface area (TPSA) is 72.6 Å². The minimum Gasteiger partial charge on any atom is -0.493 e. The van der Waals surface area contributed by atoms with E-state index in [1.165, 1.54) is 0 Å². The quantitative estimate of drug-likeness (QED) is 0.822. The van der Waals surface area contributed by atoms with E-state index in [4.69, 9.17) is 14.6 Å². The Bertz CT molecular complexity index is 689. The largest absolute Gasteiger partial charge is 0.493 e. The lowest BCUT2D eigenvalue weighted by molar-refractivity contribution is 0.192. The Hall–Kier alpha value is -2.12. The van der Waals surface area contributed by atoms with E-state index < -0.39 is 0 Å². The zero-order chi connectivity index (χ0) is 17.6. The van der Waals surface area contributed by atoms with Crippen LogP contribution >= 0.6 is 0 Å². The molecule has 1 fully saturated rings. The van der Waals surface area contributed by atoms with Crippen LogP contribution in [0.15, 0.2) is 24.5 Å². The zero-order valence-electron chi connectivity index (χ0n) is 14.9. The van der Waals surface area contributed by atoms with Crippen molar-refractivity contribution >= 4 is 0 Å². The van der Waals surface area contributed by atoms with Crippen molar-refractivity contribution in [2.24, 2.45) is 0 Å². The highest BCUT2D eigenvalue weighted by molar-refractivity contribution is 5.42. The first kappa shape index (κ1) is 17.7. The van der Waals surface area contributed by atoms with Crippen LogP contribution in [0.3, 0.4) is 0 Å². The van der Waals surface area contributed by atoms with Gasteiger partial charge in [0.15, 0.2) is 11.5 Å². The van der Waals surface area contributed by atoms with Crippen LogP contribution in [0.2, 0.25) is 0 Å². The molecule has 1 aliphatic heterocycles. The molecule has 0 amide bonds.